The molecule has 0 aliphatic rings. The fourth-order valence-corrected chi connectivity index (χ4v) is 2.97. The molecule has 3 aromatic rings. The van der Waals surface area contributed by atoms with E-state index < -0.39 is 6.04 Å². The Morgan fingerprint density at radius 3 is 2.67 bits per heavy atom. The lowest BCUT2D eigenvalue weighted by Crippen LogP contribution is -2.38. The number of urea groups is 1. The number of nitrogens with zero attached hydrogens (tertiary/aromatic N) is 2. The molecule has 0 saturated carbocycles. The highest BCUT2D eigenvalue weighted by Gasteiger charge is 2.20. The second-order valence-corrected chi connectivity index (χ2v) is 6.50. The molecule has 7 heteroatoms. The normalized spacial score (nSPS) is 11.7. The van der Waals surface area contributed by atoms with Crippen LogP contribution in [-0.2, 0) is 13.6 Å². The van der Waals surface area contributed by atoms with E-state index in [9.17, 15) is 4.79 Å². The number of nitrogens with one attached hydrogen (secondary N) is 2. The van der Waals surface area contributed by atoms with E-state index in [2.05, 4.69) is 15.6 Å². The number of aromatic nitrogens is 2. The molecule has 1 aromatic heterocycles. The molecule has 27 heavy (non-hydrogen) atoms. The summed E-state index contributed by atoms with van der Waals surface area (Å²) >= 11 is 5.98. The topological polar surface area (TPSA) is 68.2 Å². The standard InChI is InChI=1S/C20H21ClN4O2/c1-25-11-10-22-19(25)18(15-6-8-17(27-2)9-7-15)24-20(26)23-13-14-4-3-5-16(21)12-14/h3-12,18H,13H2,1-2H3,(H2,23,24,26). The van der Waals surface area contributed by atoms with Crippen LogP contribution in [-0.4, -0.2) is 22.7 Å². The maximum Gasteiger partial charge on any atom is 0.315 e. The lowest BCUT2D eigenvalue weighted by atomic mass is 10.1. The average Bonchev–Trinajstić information content (AvgIpc) is 3.10. The monoisotopic (exact) mass is 384 g/mol. The fourth-order valence-electron chi connectivity index (χ4n) is 2.76. The van der Waals surface area contributed by atoms with Gasteiger partial charge < -0.3 is 19.9 Å². The van der Waals surface area contributed by atoms with Crippen LogP contribution in [0.25, 0.3) is 0 Å². The van der Waals surface area contributed by atoms with Gasteiger partial charge in [-0.25, -0.2) is 9.78 Å². The Kier molecular flexibility index (Phi) is 5.98. The van der Waals surface area contributed by atoms with Gasteiger partial charge in [-0.1, -0.05) is 35.9 Å². The van der Waals surface area contributed by atoms with Crippen molar-refractivity contribution in [2.45, 2.75) is 12.6 Å². The van der Waals surface area contributed by atoms with Crippen LogP contribution in [0, 0.1) is 0 Å². The van der Waals surface area contributed by atoms with Crippen LogP contribution >= 0.6 is 11.6 Å². The van der Waals surface area contributed by atoms with Crippen molar-refractivity contribution < 1.29 is 9.53 Å². The third kappa shape index (κ3) is 4.80. The van der Waals surface area contributed by atoms with Gasteiger partial charge in [-0.05, 0) is 35.4 Å². The van der Waals surface area contributed by atoms with Crippen LogP contribution in [0.15, 0.2) is 60.9 Å². The number of hydrogen-bond donors (Lipinski definition) is 2. The number of benzene rings is 2. The fraction of sp³-hybridized carbons (Fsp3) is 0.200. The third-order valence-corrected chi connectivity index (χ3v) is 4.42. The van der Waals surface area contributed by atoms with E-state index in [-0.39, 0.29) is 6.03 Å². The zero-order valence-electron chi connectivity index (χ0n) is 15.1. The lowest BCUT2D eigenvalue weighted by Gasteiger charge is -2.20. The van der Waals surface area contributed by atoms with E-state index >= 15 is 0 Å². The molecule has 0 bridgehead atoms. The van der Waals surface area contributed by atoms with Gasteiger partial charge in [0.25, 0.3) is 0 Å². The number of halogens is 1. The molecule has 2 amide bonds. The Morgan fingerprint density at radius 2 is 2.04 bits per heavy atom. The van der Waals surface area contributed by atoms with Crippen molar-refractivity contribution in [3.63, 3.8) is 0 Å². The number of carbonyl (C=O) groups is 1. The summed E-state index contributed by atoms with van der Waals surface area (Å²) < 4.78 is 7.09. The zero-order valence-corrected chi connectivity index (χ0v) is 15.9. The molecular formula is C20H21ClN4O2. The first-order valence-corrected chi connectivity index (χ1v) is 8.84. The lowest BCUT2D eigenvalue weighted by molar-refractivity contribution is 0.237. The summed E-state index contributed by atoms with van der Waals surface area (Å²) in [6.45, 7) is 0.377. The number of amides is 2. The van der Waals surface area contributed by atoms with Crippen LogP contribution in [0.5, 0.6) is 5.75 Å². The van der Waals surface area contributed by atoms with Crippen molar-refractivity contribution in [3.8, 4) is 5.75 Å². The maximum atomic E-state index is 12.5. The van der Waals surface area contributed by atoms with Gasteiger partial charge in [0.15, 0.2) is 0 Å². The zero-order chi connectivity index (χ0) is 19.2. The SMILES string of the molecule is COc1ccc(C(NC(=O)NCc2cccc(Cl)c2)c2nccn2C)cc1. The molecule has 0 radical (unpaired) electrons. The van der Waals surface area contributed by atoms with E-state index in [0.29, 0.717) is 11.6 Å². The quantitative estimate of drug-likeness (QED) is 0.681. The van der Waals surface area contributed by atoms with Crippen molar-refractivity contribution in [3.05, 3.63) is 82.9 Å². The van der Waals surface area contributed by atoms with Crippen molar-refractivity contribution in [2.24, 2.45) is 7.05 Å². The number of carbonyl (C=O) groups excluding carboxylic acids is 1. The third-order valence-electron chi connectivity index (χ3n) is 4.18. The Labute approximate surface area is 163 Å². The smallest absolute Gasteiger partial charge is 0.315 e. The first-order chi connectivity index (χ1) is 13.1. The highest BCUT2D eigenvalue weighted by molar-refractivity contribution is 6.30. The molecule has 2 N–H and O–H groups in total. The first kappa shape index (κ1) is 18.8. The molecule has 1 unspecified atom stereocenters. The summed E-state index contributed by atoms with van der Waals surface area (Å²) in [6.07, 6.45) is 3.55. The Bertz CT molecular complexity index is 908. The molecule has 1 heterocycles. The predicted octanol–water partition coefficient (Wildman–Crippen LogP) is 3.67. The Hall–Kier alpha value is -2.99. The van der Waals surface area contributed by atoms with Crippen LogP contribution < -0.4 is 15.4 Å². The molecule has 0 saturated heterocycles. The molecule has 140 valence electrons. The number of rotatable bonds is 6. The van der Waals surface area contributed by atoms with Crippen molar-refractivity contribution in [1.82, 2.24) is 20.2 Å². The van der Waals surface area contributed by atoms with Crippen LogP contribution in [0.2, 0.25) is 5.02 Å². The minimum Gasteiger partial charge on any atom is -0.497 e. The second-order valence-electron chi connectivity index (χ2n) is 6.06. The largest absolute Gasteiger partial charge is 0.497 e. The number of aryl methyl sites for hydroxylation is 1. The van der Waals surface area contributed by atoms with Crippen molar-refractivity contribution in [2.75, 3.05) is 7.11 Å². The summed E-state index contributed by atoms with van der Waals surface area (Å²) in [5.74, 6) is 1.49. The summed E-state index contributed by atoms with van der Waals surface area (Å²) in [5, 5.41) is 6.49. The number of imidazole rings is 1. The van der Waals surface area contributed by atoms with Gasteiger partial charge in [0.05, 0.1) is 7.11 Å². The minimum atomic E-state index is -0.393. The average molecular weight is 385 g/mol. The number of methoxy groups -OCH3 is 1. The summed E-state index contributed by atoms with van der Waals surface area (Å²) in [5.41, 5.74) is 1.83. The van der Waals surface area contributed by atoms with E-state index in [1.165, 1.54) is 0 Å². The molecule has 1 atom stereocenters. The summed E-state index contributed by atoms with van der Waals surface area (Å²) in [7, 11) is 3.51. The molecule has 0 aliphatic carbocycles. The Morgan fingerprint density at radius 1 is 1.26 bits per heavy atom. The molecular weight excluding hydrogens is 364 g/mol. The molecule has 0 spiro atoms. The van der Waals surface area contributed by atoms with Crippen LogP contribution in [0.1, 0.15) is 23.0 Å². The van der Waals surface area contributed by atoms with Crippen LogP contribution in [0.3, 0.4) is 0 Å². The van der Waals surface area contributed by atoms with Gasteiger partial charge in [-0.3, -0.25) is 0 Å². The van der Waals surface area contributed by atoms with Gasteiger partial charge in [-0.2, -0.15) is 0 Å². The Balaban J connectivity index is 1.74. The van der Waals surface area contributed by atoms with Gasteiger partial charge in [-0.15, -0.1) is 0 Å². The number of hydrogen-bond acceptors (Lipinski definition) is 3. The van der Waals surface area contributed by atoms with E-state index in [0.717, 1.165) is 22.7 Å². The van der Waals surface area contributed by atoms with E-state index in [1.807, 2.05) is 60.3 Å². The summed E-state index contributed by atoms with van der Waals surface area (Å²) in [6, 6.07) is 14.2. The molecule has 6 nitrogen and oxygen atoms in total. The van der Waals surface area contributed by atoms with Crippen molar-refractivity contribution >= 4 is 17.6 Å². The molecule has 3 rings (SSSR count). The van der Waals surface area contributed by atoms with Gasteiger partial charge >= 0.3 is 6.03 Å². The van der Waals surface area contributed by atoms with Crippen LogP contribution in [0.4, 0.5) is 4.79 Å². The van der Waals surface area contributed by atoms with Crippen molar-refractivity contribution in [1.29, 1.82) is 0 Å². The molecule has 2 aromatic carbocycles. The first-order valence-electron chi connectivity index (χ1n) is 8.47. The predicted molar refractivity (Wildman–Crippen MR) is 105 cm³/mol. The highest BCUT2D eigenvalue weighted by Crippen LogP contribution is 2.23. The van der Waals surface area contributed by atoms with E-state index in [4.69, 9.17) is 16.3 Å². The second kappa shape index (κ2) is 8.60. The number of ether oxygens (including phenoxy) is 1. The maximum absolute atomic E-state index is 12.5. The minimum absolute atomic E-state index is 0.293. The molecule has 0 fully saturated rings. The van der Waals surface area contributed by atoms with Gasteiger partial charge in [0.1, 0.15) is 17.6 Å². The van der Waals surface area contributed by atoms with E-state index in [1.54, 1.807) is 19.4 Å². The summed E-state index contributed by atoms with van der Waals surface area (Å²) in [4.78, 5) is 16.9. The molecule has 0 aliphatic heterocycles. The van der Waals surface area contributed by atoms with Gasteiger partial charge in [0, 0.05) is 31.0 Å². The highest BCUT2D eigenvalue weighted by atomic mass is 35.5. The van der Waals surface area contributed by atoms with Gasteiger partial charge in [0.2, 0.25) is 0 Å².